The molecule has 0 radical (unpaired) electrons. The van der Waals surface area contributed by atoms with Crippen LogP contribution < -0.4 is 0 Å². The van der Waals surface area contributed by atoms with Crippen molar-refractivity contribution < 1.29 is 4.42 Å². The number of aromatic nitrogens is 5. The van der Waals surface area contributed by atoms with Crippen LogP contribution in [0.3, 0.4) is 0 Å². The molecular formula is C15H8ClN5OS. The highest BCUT2D eigenvalue weighted by Gasteiger charge is 2.14. The summed E-state index contributed by atoms with van der Waals surface area (Å²) in [5.41, 5.74) is 2.30. The second-order valence-corrected chi connectivity index (χ2v) is 5.82. The monoisotopic (exact) mass is 341 g/mol. The van der Waals surface area contributed by atoms with Crippen molar-refractivity contribution in [2.24, 2.45) is 0 Å². The van der Waals surface area contributed by atoms with E-state index in [1.807, 2.05) is 24.3 Å². The van der Waals surface area contributed by atoms with Gasteiger partial charge in [0.25, 0.3) is 5.22 Å². The van der Waals surface area contributed by atoms with Crippen LogP contribution in [-0.2, 0) is 0 Å². The first-order chi connectivity index (χ1) is 11.3. The largest absolute Gasteiger partial charge is 0.411 e. The van der Waals surface area contributed by atoms with Crippen molar-refractivity contribution in [3.05, 3.63) is 53.9 Å². The van der Waals surface area contributed by atoms with E-state index in [1.165, 1.54) is 11.8 Å². The van der Waals surface area contributed by atoms with E-state index in [4.69, 9.17) is 16.0 Å². The summed E-state index contributed by atoms with van der Waals surface area (Å²) in [6.07, 6.45) is 3.33. The van der Waals surface area contributed by atoms with E-state index in [0.717, 1.165) is 16.6 Å². The minimum atomic E-state index is 0.303. The Kier molecular flexibility index (Phi) is 3.64. The van der Waals surface area contributed by atoms with E-state index >= 15 is 0 Å². The maximum absolute atomic E-state index is 6.18. The molecule has 8 heteroatoms. The number of hydrogen-bond acceptors (Lipinski definition) is 7. The van der Waals surface area contributed by atoms with Crippen LogP contribution in [0.15, 0.2) is 63.5 Å². The van der Waals surface area contributed by atoms with Gasteiger partial charge in [0.05, 0.1) is 11.0 Å². The lowest BCUT2D eigenvalue weighted by Gasteiger charge is -2.01. The van der Waals surface area contributed by atoms with Gasteiger partial charge >= 0.3 is 0 Å². The Balaban J connectivity index is 1.66. The zero-order valence-corrected chi connectivity index (χ0v) is 13.1. The van der Waals surface area contributed by atoms with Crippen molar-refractivity contribution in [1.82, 2.24) is 25.1 Å². The Hall–Kier alpha value is -2.51. The molecule has 0 N–H and O–H groups in total. The molecule has 0 aliphatic rings. The fourth-order valence-electron chi connectivity index (χ4n) is 1.97. The molecule has 0 saturated heterocycles. The summed E-state index contributed by atoms with van der Waals surface area (Å²) < 4.78 is 5.63. The van der Waals surface area contributed by atoms with Crippen LogP contribution in [0.5, 0.6) is 0 Å². The molecule has 0 amide bonds. The van der Waals surface area contributed by atoms with Crippen molar-refractivity contribution in [2.75, 3.05) is 0 Å². The van der Waals surface area contributed by atoms with Crippen molar-refractivity contribution in [2.45, 2.75) is 10.2 Å². The standard InChI is InChI=1S/C15H8ClN5OS/c16-12-14(19-11-4-2-1-3-10(11)18-12)23-15-21-20-13(22-15)9-5-7-17-8-6-9/h1-8H. The molecule has 1 aromatic carbocycles. The van der Waals surface area contributed by atoms with Crippen molar-refractivity contribution in [3.63, 3.8) is 0 Å². The third-order valence-corrected chi connectivity index (χ3v) is 4.21. The molecule has 6 nitrogen and oxygen atoms in total. The third-order valence-electron chi connectivity index (χ3n) is 3.02. The third kappa shape index (κ3) is 2.88. The molecule has 23 heavy (non-hydrogen) atoms. The minimum Gasteiger partial charge on any atom is -0.411 e. The number of benzene rings is 1. The first-order valence-electron chi connectivity index (χ1n) is 6.63. The van der Waals surface area contributed by atoms with E-state index in [2.05, 4.69) is 25.1 Å². The number of fused-ring (bicyclic) bond motifs is 1. The minimum absolute atomic E-state index is 0.303. The fourth-order valence-corrected chi connectivity index (χ4v) is 2.86. The first-order valence-corrected chi connectivity index (χ1v) is 7.83. The van der Waals surface area contributed by atoms with Crippen molar-refractivity contribution >= 4 is 34.4 Å². The molecule has 0 saturated carbocycles. The molecule has 4 rings (SSSR count). The lowest BCUT2D eigenvalue weighted by Crippen LogP contribution is -1.89. The van der Waals surface area contributed by atoms with Gasteiger partial charge in [-0.3, -0.25) is 4.98 Å². The Morgan fingerprint density at radius 1 is 0.913 bits per heavy atom. The molecule has 0 bridgehead atoms. The predicted molar refractivity (Wildman–Crippen MR) is 86.2 cm³/mol. The highest BCUT2D eigenvalue weighted by molar-refractivity contribution is 7.99. The average molecular weight is 342 g/mol. The van der Waals surface area contributed by atoms with Crippen LogP contribution in [0.2, 0.25) is 5.15 Å². The zero-order valence-electron chi connectivity index (χ0n) is 11.5. The highest BCUT2D eigenvalue weighted by Crippen LogP contribution is 2.32. The number of hydrogen-bond donors (Lipinski definition) is 0. The molecule has 0 aliphatic carbocycles. The lowest BCUT2D eigenvalue weighted by molar-refractivity contribution is 0.465. The van der Waals surface area contributed by atoms with Gasteiger partial charge in [0.2, 0.25) is 5.89 Å². The Labute approximate surface area is 140 Å². The van der Waals surface area contributed by atoms with Crippen molar-refractivity contribution in [3.8, 4) is 11.5 Å². The van der Waals surface area contributed by atoms with Gasteiger partial charge in [-0.15, -0.1) is 10.2 Å². The van der Waals surface area contributed by atoms with E-state index in [1.54, 1.807) is 24.5 Å². The van der Waals surface area contributed by atoms with Gasteiger partial charge in [-0.2, -0.15) is 0 Å². The van der Waals surface area contributed by atoms with E-state index in [0.29, 0.717) is 21.3 Å². The molecule has 0 fully saturated rings. The van der Waals surface area contributed by atoms with Crippen molar-refractivity contribution in [1.29, 1.82) is 0 Å². The first kappa shape index (κ1) is 14.1. The Bertz CT molecular complexity index is 976. The second-order valence-electron chi connectivity index (χ2n) is 4.52. The number of pyridine rings is 1. The molecular weight excluding hydrogens is 334 g/mol. The smallest absolute Gasteiger partial charge is 0.283 e. The molecule has 112 valence electrons. The van der Waals surface area contributed by atoms with E-state index < -0.39 is 0 Å². The van der Waals surface area contributed by atoms with Crippen LogP contribution in [0, 0.1) is 0 Å². The van der Waals surface area contributed by atoms with Crippen LogP contribution in [-0.4, -0.2) is 25.1 Å². The normalized spacial score (nSPS) is 11.0. The summed E-state index contributed by atoms with van der Waals surface area (Å²) in [5, 5.41) is 9.20. The molecule has 0 atom stereocenters. The number of nitrogens with zero attached hydrogens (tertiary/aromatic N) is 5. The molecule has 0 spiro atoms. The molecule has 0 unspecified atom stereocenters. The summed E-state index contributed by atoms with van der Waals surface area (Å²) in [4.78, 5) is 12.8. The van der Waals surface area contributed by atoms with Gasteiger partial charge in [0.1, 0.15) is 5.03 Å². The fraction of sp³-hybridized carbons (Fsp3) is 0. The van der Waals surface area contributed by atoms with E-state index in [-0.39, 0.29) is 0 Å². The molecule has 3 heterocycles. The van der Waals surface area contributed by atoms with Gasteiger partial charge in [0.15, 0.2) is 5.15 Å². The quantitative estimate of drug-likeness (QED) is 0.559. The lowest BCUT2D eigenvalue weighted by atomic mass is 10.3. The SMILES string of the molecule is Clc1nc2ccccc2nc1Sc1nnc(-c2ccncc2)o1. The number of para-hydroxylation sites is 2. The number of halogens is 1. The highest BCUT2D eigenvalue weighted by atomic mass is 35.5. The number of rotatable bonds is 3. The van der Waals surface area contributed by atoms with Crippen LogP contribution >= 0.6 is 23.4 Å². The summed E-state index contributed by atoms with van der Waals surface area (Å²) in [5.74, 6) is 0.416. The summed E-state index contributed by atoms with van der Waals surface area (Å²) in [7, 11) is 0. The Morgan fingerprint density at radius 2 is 1.65 bits per heavy atom. The van der Waals surface area contributed by atoms with Gasteiger partial charge < -0.3 is 4.42 Å². The average Bonchev–Trinajstić information content (AvgIpc) is 3.05. The summed E-state index contributed by atoms with van der Waals surface area (Å²) >= 11 is 7.37. The molecule has 4 aromatic rings. The summed E-state index contributed by atoms with van der Waals surface area (Å²) in [6.45, 7) is 0. The topological polar surface area (TPSA) is 77.6 Å². The van der Waals surface area contributed by atoms with Crippen LogP contribution in [0.1, 0.15) is 0 Å². The maximum Gasteiger partial charge on any atom is 0.283 e. The van der Waals surface area contributed by atoms with Gasteiger partial charge in [-0.25, -0.2) is 9.97 Å². The predicted octanol–water partition coefficient (Wildman–Crippen LogP) is 3.88. The van der Waals surface area contributed by atoms with E-state index in [9.17, 15) is 0 Å². The summed E-state index contributed by atoms with van der Waals surface area (Å²) in [6, 6.07) is 11.1. The van der Waals surface area contributed by atoms with Gasteiger partial charge in [0, 0.05) is 18.0 Å². The van der Waals surface area contributed by atoms with Crippen LogP contribution in [0.25, 0.3) is 22.5 Å². The van der Waals surface area contributed by atoms with Gasteiger partial charge in [-0.1, -0.05) is 23.7 Å². The molecule has 0 aliphatic heterocycles. The second kappa shape index (κ2) is 5.94. The van der Waals surface area contributed by atoms with Crippen LogP contribution in [0.4, 0.5) is 0 Å². The maximum atomic E-state index is 6.18. The zero-order chi connectivity index (χ0) is 15.6. The van der Waals surface area contributed by atoms with Gasteiger partial charge in [-0.05, 0) is 36.0 Å². The Morgan fingerprint density at radius 3 is 2.43 bits per heavy atom. The molecule has 3 aromatic heterocycles.